The van der Waals surface area contributed by atoms with Gasteiger partial charge in [-0.3, -0.25) is 9.59 Å². The number of morpholine rings is 1. The Balaban J connectivity index is 1.46. The average Bonchev–Trinajstić information content (AvgIpc) is 3.37. The lowest BCUT2D eigenvalue weighted by Gasteiger charge is -2.26. The van der Waals surface area contributed by atoms with Crippen LogP contribution in [0.3, 0.4) is 0 Å². The minimum Gasteiger partial charge on any atom is -0.496 e. The number of carbonyl (C=O) groups excluding carboxylic acids is 2. The zero-order valence-corrected chi connectivity index (χ0v) is 23.1. The van der Waals surface area contributed by atoms with Gasteiger partial charge in [0, 0.05) is 24.8 Å². The van der Waals surface area contributed by atoms with Crippen molar-refractivity contribution in [1.82, 2.24) is 19.4 Å². The molecule has 3 aromatic rings. The molecule has 4 N–H and O–H groups in total. The molecule has 12 heteroatoms. The fraction of sp³-hybridized carbons (Fsp3) is 0.500. The van der Waals surface area contributed by atoms with Gasteiger partial charge in [-0.25, -0.2) is 4.98 Å². The van der Waals surface area contributed by atoms with Gasteiger partial charge in [-0.2, -0.15) is 4.98 Å². The molecule has 1 saturated heterocycles. The number of nitrogens with one attached hydrogen (secondary N) is 1. The molecule has 12 nitrogen and oxygen atoms in total. The summed E-state index contributed by atoms with van der Waals surface area (Å²) in [6, 6.07) is 7.25. The quantitative estimate of drug-likeness (QED) is 0.267. The number of unbranched alkanes of at least 4 members (excludes halogenated alkanes) is 1. The largest absolute Gasteiger partial charge is 0.496 e. The molecule has 0 radical (unpaired) electrons. The van der Waals surface area contributed by atoms with E-state index < -0.39 is 5.97 Å². The van der Waals surface area contributed by atoms with Crippen LogP contribution in [0.15, 0.2) is 30.5 Å². The Kier molecular flexibility index (Phi) is 10.1. The molecule has 1 amide bonds. The number of aromatic nitrogens is 3. The lowest BCUT2D eigenvalue weighted by atomic mass is 10.1. The Labute approximate surface area is 233 Å². The zero-order valence-electron chi connectivity index (χ0n) is 23.1. The number of nitrogens with two attached hydrogens (primary N) is 1. The second-order valence-corrected chi connectivity index (χ2v) is 9.75. The summed E-state index contributed by atoms with van der Waals surface area (Å²) in [5.41, 5.74) is 9.01. The Morgan fingerprint density at radius 2 is 2.02 bits per heavy atom. The predicted octanol–water partition coefficient (Wildman–Crippen LogP) is 1.98. The number of nitrogens with zero attached hydrogens (tertiary/aromatic N) is 4. The number of fused-ring (bicyclic) bond motifs is 1. The first kappa shape index (κ1) is 29.1. The summed E-state index contributed by atoms with van der Waals surface area (Å²) in [4.78, 5) is 35.1. The first-order chi connectivity index (χ1) is 19.4. The van der Waals surface area contributed by atoms with E-state index in [0.717, 1.165) is 30.3 Å². The van der Waals surface area contributed by atoms with E-state index in [-0.39, 0.29) is 37.5 Å². The Hall–Kier alpha value is -3.90. The topological polar surface area (TPSA) is 154 Å². The van der Waals surface area contributed by atoms with Gasteiger partial charge in [-0.05, 0) is 24.1 Å². The summed E-state index contributed by atoms with van der Waals surface area (Å²) in [5, 5.41) is 13.2. The molecule has 2 aromatic heterocycles. The molecule has 1 atom stereocenters. The highest BCUT2D eigenvalue weighted by Crippen LogP contribution is 2.28. The average molecular weight is 555 g/mol. The lowest BCUT2D eigenvalue weighted by molar-refractivity contribution is -0.153. The Morgan fingerprint density at radius 1 is 1.23 bits per heavy atom. The first-order valence-electron chi connectivity index (χ1n) is 13.6. The summed E-state index contributed by atoms with van der Waals surface area (Å²) < 4.78 is 18.1. The van der Waals surface area contributed by atoms with E-state index in [1.165, 1.54) is 0 Å². The first-order valence-corrected chi connectivity index (χ1v) is 13.6. The maximum Gasteiger partial charge on any atom is 0.310 e. The van der Waals surface area contributed by atoms with Crippen LogP contribution < -0.4 is 15.8 Å². The van der Waals surface area contributed by atoms with Crippen LogP contribution >= 0.6 is 0 Å². The minimum atomic E-state index is -0.486. The van der Waals surface area contributed by atoms with E-state index in [2.05, 4.69) is 22.2 Å². The van der Waals surface area contributed by atoms with Gasteiger partial charge in [0.05, 0.1) is 51.5 Å². The maximum atomic E-state index is 12.4. The monoisotopic (exact) mass is 554 g/mol. The number of hydrogen-bond donors (Lipinski definition) is 3. The standard InChI is InChI=1S/C28H38N6O6/c1-3-4-5-21(17-35)30-27-26-22(31-28(29)32-27)8-9-34(26)16-20-7-6-19(14-23(20)38-2)15-25(37)40-18-24(36)33-10-12-39-13-11-33/h6-9,14,21,35H,3-5,10-13,15-18H2,1-2H3,(H3,29,30,31,32)/t21-/m0/s1. The molecule has 1 aromatic carbocycles. The van der Waals surface area contributed by atoms with Crippen molar-refractivity contribution in [3.05, 3.63) is 41.6 Å². The smallest absolute Gasteiger partial charge is 0.310 e. The fourth-order valence-electron chi connectivity index (χ4n) is 4.69. The number of amides is 1. The highest BCUT2D eigenvalue weighted by Gasteiger charge is 2.19. The van der Waals surface area contributed by atoms with Gasteiger partial charge in [-0.1, -0.05) is 31.9 Å². The van der Waals surface area contributed by atoms with Crippen molar-refractivity contribution in [2.24, 2.45) is 0 Å². The van der Waals surface area contributed by atoms with Gasteiger partial charge in [0.15, 0.2) is 12.4 Å². The van der Waals surface area contributed by atoms with Gasteiger partial charge in [0.2, 0.25) is 5.95 Å². The number of carbonyl (C=O) groups is 2. The maximum absolute atomic E-state index is 12.4. The number of rotatable bonds is 13. The molecule has 0 bridgehead atoms. The van der Waals surface area contributed by atoms with Crippen molar-refractivity contribution < 1.29 is 28.9 Å². The zero-order chi connectivity index (χ0) is 28.5. The molecule has 0 spiro atoms. The van der Waals surface area contributed by atoms with Crippen LogP contribution in [-0.2, 0) is 32.0 Å². The molecule has 4 rings (SSSR count). The van der Waals surface area contributed by atoms with E-state index in [4.69, 9.17) is 19.9 Å². The van der Waals surface area contributed by atoms with Crippen LogP contribution in [0.4, 0.5) is 11.8 Å². The van der Waals surface area contributed by atoms with Crippen molar-refractivity contribution in [3.63, 3.8) is 0 Å². The normalized spacial score (nSPS) is 14.2. The molecule has 3 heterocycles. The number of methoxy groups -OCH3 is 1. The van der Waals surface area contributed by atoms with E-state index >= 15 is 0 Å². The highest BCUT2D eigenvalue weighted by molar-refractivity contribution is 5.88. The molecule has 1 aliphatic rings. The third-order valence-electron chi connectivity index (χ3n) is 6.86. The number of aliphatic hydroxyl groups is 1. The number of anilines is 2. The molecule has 40 heavy (non-hydrogen) atoms. The van der Waals surface area contributed by atoms with Crippen LogP contribution in [0, 0.1) is 0 Å². The molecule has 1 fully saturated rings. The van der Waals surface area contributed by atoms with Crippen molar-refractivity contribution in [1.29, 1.82) is 0 Å². The number of ether oxygens (including phenoxy) is 3. The molecular weight excluding hydrogens is 516 g/mol. The van der Waals surface area contributed by atoms with Gasteiger partial charge in [-0.15, -0.1) is 0 Å². The highest BCUT2D eigenvalue weighted by atomic mass is 16.5. The molecule has 0 unspecified atom stereocenters. The summed E-state index contributed by atoms with van der Waals surface area (Å²) >= 11 is 0. The minimum absolute atomic E-state index is 0.0149. The summed E-state index contributed by atoms with van der Waals surface area (Å²) in [5.74, 6) is 0.616. The second-order valence-electron chi connectivity index (χ2n) is 9.75. The SMILES string of the molecule is CCCC[C@@H](CO)Nc1nc(N)nc2ccn(Cc3ccc(CC(=O)OCC(=O)N4CCOCC4)cc3OC)c12. The number of benzene rings is 1. The van der Waals surface area contributed by atoms with E-state index in [0.29, 0.717) is 55.5 Å². The second kappa shape index (κ2) is 13.9. The van der Waals surface area contributed by atoms with Crippen LogP contribution in [0.1, 0.15) is 37.3 Å². The fourth-order valence-corrected chi connectivity index (χ4v) is 4.69. The van der Waals surface area contributed by atoms with Crippen LogP contribution in [-0.4, -0.2) is 89.1 Å². The summed E-state index contributed by atoms with van der Waals surface area (Å²) in [6.07, 6.45) is 4.72. The van der Waals surface area contributed by atoms with Crippen molar-refractivity contribution in [2.75, 3.05) is 57.7 Å². The van der Waals surface area contributed by atoms with Crippen molar-refractivity contribution in [2.45, 2.75) is 45.2 Å². The van der Waals surface area contributed by atoms with Gasteiger partial charge in [0.1, 0.15) is 11.3 Å². The van der Waals surface area contributed by atoms with Crippen molar-refractivity contribution in [3.8, 4) is 5.75 Å². The summed E-state index contributed by atoms with van der Waals surface area (Å²) in [7, 11) is 1.58. The number of esters is 1. The molecule has 216 valence electrons. The number of nitrogen functional groups attached to an aromatic ring is 1. The van der Waals surface area contributed by atoms with E-state index in [1.807, 2.05) is 29.0 Å². The lowest BCUT2D eigenvalue weighted by Crippen LogP contribution is -2.42. The van der Waals surface area contributed by atoms with Gasteiger partial charge >= 0.3 is 5.97 Å². The Bertz CT molecular complexity index is 1310. The third-order valence-corrected chi connectivity index (χ3v) is 6.86. The molecular formula is C28H38N6O6. The number of hydrogen-bond acceptors (Lipinski definition) is 10. The van der Waals surface area contributed by atoms with Crippen LogP contribution in [0.2, 0.25) is 0 Å². The van der Waals surface area contributed by atoms with Crippen LogP contribution in [0.5, 0.6) is 5.75 Å². The Morgan fingerprint density at radius 3 is 2.75 bits per heavy atom. The predicted molar refractivity (Wildman–Crippen MR) is 150 cm³/mol. The van der Waals surface area contributed by atoms with Crippen molar-refractivity contribution >= 4 is 34.7 Å². The number of aliphatic hydroxyl groups excluding tert-OH is 1. The molecule has 0 saturated carbocycles. The van der Waals surface area contributed by atoms with Gasteiger partial charge < -0.3 is 39.8 Å². The van der Waals surface area contributed by atoms with Crippen LogP contribution in [0.25, 0.3) is 11.0 Å². The summed E-state index contributed by atoms with van der Waals surface area (Å²) in [6.45, 7) is 4.24. The third kappa shape index (κ3) is 7.39. The molecule has 1 aliphatic heterocycles. The van der Waals surface area contributed by atoms with Gasteiger partial charge in [0.25, 0.3) is 5.91 Å². The van der Waals surface area contributed by atoms with E-state index in [9.17, 15) is 14.7 Å². The molecule has 0 aliphatic carbocycles. The van der Waals surface area contributed by atoms with E-state index in [1.54, 1.807) is 18.1 Å².